The molecule has 0 bridgehead atoms. The Bertz CT molecular complexity index is 547. The lowest BCUT2D eigenvalue weighted by molar-refractivity contribution is -0.221. The second-order valence-corrected chi connectivity index (χ2v) is 16.7. The van der Waals surface area contributed by atoms with Gasteiger partial charge in [-0.1, -0.05) is 6.92 Å². The number of aliphatic hydroxyl groups excluding tert-OH is 1. The molecule has 0 aromatic carbocycles. The molecule has 0 aliphatic heterocycles. The fraction of sp³-hybridized carbons (Fsp3) is 0.833. The van der Waals surface area contributed by atoms with Crippen LogP contribution in [0.5, 0.6) is 0 Å². The summed E-state index contributed by atoms with van der Waals surface area (Å²) in [6, 6.07) is 0. The van der Waals surface area contributed by atoms with Crippen LogP contribution in [0.1, 0.15) is 6.92 Å². The van der Waals surface area contributed by atoms with Gasteiger partial charge < -0.3 is 24.9 Å². The number of nitrogens with one attached hydrogen (secondary N) is 1. The van der Waals surface area contributed by atoms with Crippen LogP contribution in [-0.4, -0.2) is 103 Å². The summed E-state index contributed by atoms with van der Waals surface area (Å²) in [6.07, 6.45) is 2.19. The highest BCUT2D eigenvalue weighted by atomic mass is 32.3. The number of aliphatic hydroxyl groups is 1. The molecule has 2 N–H and O–H groups in total. The molecule has 37 heavy (non-hydrogen) atoms. The molecule has 0 spiro atoms. The maximum absolute atomic E-state index is 11.7. The number of nitrogens with zero attached hydrogens (tertiary/aromatic N) is 2. The molecule has 218 valence electrons. The van der Waals surface area contributed by atoms with E-state index in [9.17, 15) is 4.79 Å². The highest BCUT2D eigenvalue weighted by Gasteiger charge is 2.01. The zero-order valence-electron chi connectivity index (χ0n) is 20.5. The Morgan fingerprint density at radius 1 is 0.757 bits per heavy atom. The molecule has 10 nitrogen and oxygen atoms in total. The number of thioether (sulfide) groups is 9. The normalized spacial score (nSPS) is 11.4. The second kappa shape index (κ2) is 35.3. The van der Waals surface area contributed by atoms with Crippen molar-refractivity contribution in [2.75, 3.05) is 79.0 Å². The SMILES string of the molecule is CCSC/N=C/OOCSCSCSCSCOC(=O)NCSCSCSCSC/N=C/OOCCO. The van der Waals surface area contributed by atoms with Crippen molar-refractivity contribution in [1.29, 1.82) is 0 Å². The molecule has 0 aliphatic carbocycles. The maximum atomic E-state index is 11.7. The Balaban J connectivity index is 3.20. The Hall–Kier alpha value is 1.24. The van der Waals surface area contributed by atoms with Gasteiger partial charge in [-0.05, 0) is 5.75 Å². The molecular weight excluding hydrogens is 659 g/mol. The monoisotopic (exact) mass is 693 g/mol. The Labute approximate surface area is 258 Å². The summed E-state index contributed by atoms with van der Waals surface area (Å²) in [5, 5.41) is 16.8. The number of ether oxygens (including phenoxy) is 1. The van der Waals surface area contributed by atoms with Gasteiger partial charge in [-0.3, -0.25) is 0 Å². The quantitative estimate of drug-likeness (QED) is 0.0245. The van der Waals surface area contributed by atoms with Crippen LogP contribution in [0.25, 0.3) is 0 Å². The van der Waals surface area contributed by atoms with Gasteiger partial charge in [-0.15, -0.1) is 106 Å². The topological polar surface area (TPSA) is 120 Å². The molecule has 0 aromatic heterocycles. The first kappa shape index (κ1) is 38.2. The first-order chi connectivity index (χ1) is 18.3. The molecule has 0 radical (unpaired) electrons. The lowest BCUT2D eigenvalue weighted by Crippen LogP contribution is -2.23. The number of carbonyl (C=O) groups is 1. The molecular formula is C18H35N3O7S9. The van der Waals surface area contributed by atoms with E-state index in [0.29, 0.717) is 29.5 Å². The average Bonchev–Trinajstić information content (AvgIpc) is 2.90. The third-order valence-electron chi connectivity index (χ3n) is 2.80. The minimum absolute atomic E-state index is 0.0844. The number of alkyl carbamates (subject to hydrolysis) is 1. The predicted molar refractivity (Wildman–Crippen MR) is 175 cm³/mol. The van der Waals surface area contributed by atoms with Gasteiger partial charge in [-0.2, -0.15) is 9.78 Å². The van der Waals surface area contributed by atoms with Crippen molar-refractivity contribution >= 4 is 125 Å². The molecule has 0 unspecified atom stereocenters. The van der Waals surface area contributed by atoms with Gasteiger partial charge in [0.2, 0.25) is 12.8 Å². The summed E-state index contributed by atoms with van der Waals surface area (Å²) in [4.78, 5) is 38.7. The van der Waals surface area contributed by atoms with Gasteiger partial charge in [-0.25, -0.2) is 14.8 Å². The van der Waals surface area contributed by atoms with Crippen LogP contribution in [0.15, 0.2) is 9.98 Å². The van der Waals surface area contributed by atoms with Crippen LogP contribution in [0, 0.1) is 0 Å². The molecule has 0 saturated carbocycles. The van der Waals surface area contributed by atoms with Crippen molar-refractivity contribution in [3.05, 3.63) is 0 Å². The van der Waals surface area contributed by atoms with Crippen molar-refractivity contribution in [2.24, 2.45) is 9.98 Å². The van der Waals surface area contributed by atoms with Gasteiger partial charge >= 0.3 is 6.09 Å². The van der Waals surface area contributed by atoms with Crippen LogP contribution >= 0.6 is 106 Å². The van der Waals surface area contributed by atoms with E-state index in [4.69, 9.17) is 19.6 Å². The molecule has 0 aliphatic rings. The molecule has 0 atom stereocenters. The lowest BCUT2D eigenvalue weighted by atomic mass is 10.8. The fourth-order valence-corrected chi connectivity index (χ4v) is 10.0. The van der Waals surface area contributed by atoms with Gasteiger partial charge in [0.1, 0.15) is 18.5 Å². The summed E-state index contributed by atoms with van der Waals surface area (Å²) in [6.45, 7) is 2.13. The molecule has 0 fully saturated rings. The predicted octanol–water partition coefficient (Wildman–Crippen LogP) is 5.81. The van der Waals surface area contributed by atoms with Crippen LogP contribution in [0.4, 0.5) is 4.79 Å². The summed E-state index contributed by atoms with van der Waals surface area (Å²) in [5.41, 5.74) is 0. The number of rotatable bonds is 29. The van der Waals surface area contributed by atoms with E-state index in [-0.39, 0.29) is 19.3 Å². The summed E-state index contributed by atoms with van der Waals surface area (Å²) >= 11 is 15.5. The van der Waals surface area contributed by atoms with E-state index in [2.05, 4.69) is 32.0 Å². The highest BCUT2D eigenvalue weighted by Crippen LogP contribution is 2.22. The number of hydrogen-bond acceptors (Lipinski definition) is 18. The third-order valence-corrected chi connectivity index (χ3v) is 12.8. The first-order valence-corrected chi connectivity index (χ1v) is 20.9. The second-order valence-electron chi connectivity index (χ2n) is 5.51. The summed E-state index contributed by atoms with van der Waals surface area (Å²) in [7, 11) is 0. The summed E-state index contributed by atoms with van der Waals surface area (Å²) < 4.78 is 5.15. The Morgan fingerprint density at radius 2 is 1.32 bits per heavy atom. The maximum Gasteiger partial charge on any atom is 0.408 e. The lowest BCUT2D eigenvalue weighted by Gasteiger charge is -2.07. The summed E-state index contributed by atoms with van der Waals surface area (Å²) in [5.74, 6) is 3.67. The van der Waals surface area contributed by atoms with Crippen molar-refractivity contribution in [3.8, 4) is 0 Å². The van der Waals surface area contributed by atoms with Crippen LogP contribution in [0.2, 0.25) is 0 Å². The minimum atomic E-state index is -0.380. The number of carbonyl (C=O) groups excluding carboxylic acids is 1. The zero-order chi connectivity index (χ0) is 26.9. The number of aliphatic imine (C=N–C) groups is 2. The van der Waals surface area contributed by atoms with Gasteiger partial charge in [0.15, 0.2) is 0 Å². The Kier molecular flexibility index (Phi) is 36.4. The van der Waals surface area contributed by atoms with E-state index >= 15 is 0 Å². The van der Waals surface area contributed by atoms with Crippen LogP contribution < -0.4 is 5.32 Å². The molecule has 1 amide bonds. The molecule has 19 heteroatoms. The van der Waals surface area contributed by atoms with Crippen molar-refractivity contribution < 1.29 is 34.2 Å². The van der Waals surface area contributed by atoms with E-state index in [1.807, 2.05) is 23.5 Å². The number of amides is 1. The zero-order valence-corrected chi connectivity index (χ0v) is 27.9. The standard InChI is InChI=1S/C18H35N3O7S9/c1-2-29-7-19-6-27-28-11-33-15-37-17-36-14-32-10-24-18(23)21-9-31-13-35-16-34-12-30-8-20-5-26-25-4-3-22/h5-6,22H,2-4,7-17H2,1H3,(H,21,23)/b19-6+,20-5+. The van der Waals surface area contributed by atoms with Crippen LogP contribution in [0.3, 0.4) is 0 Å². The fourth-order valence-electron chi connectivity index (χ4n) is 1.42. The van der Waals surface area contributed by atoms with Gasteiger partial charge in [0.05, 0.1) is 24.2 Å². The van der Waals surface area contributed by atoms with E-state index in [1.54, 1.807) is 82.3 Å². The third kappa shape index (κ3) is 35.2. The molecule has 0 aromatic rings. The van der Waals surface area contributed by atoms with E-state index < -0.39 is 0 Å². The molecule has 0 heterocycles. The highest BCUT2D eigenvalue weighted by molar-refractivity contribution is 8.26. The van der Waals surface area contributed by atoms with E-state index in [1.165, 1.54) is 12.8 Å². The molecule has 0 rings (SSSR count). The first-order valence-electron chi connectivity index (χ1n) is 10.6. The van der Waals surface area contributed by atoms with Crippen molar-refractivity contribution in [2.45, 2.75) is 6.92 Å². The van der Waals surface area contributed by atoms with Gasteiger partial charge in [0, 0.05) is 30.5 Å². The molecule has 0 saturated heterocycles. The van der Waals surface area contributed by atoms with Crippen molar-refractivity contribution in [3.63, 3.8) is 0 Å². The smallest absolute Gasteiger partial charge is 0.408 e. The Morgan fingerprint density at radius 3 is 2.00 bits per heavy atom. The van der Waals surface area contributed by atoms with Gasteiger partial charge in [0.25, 0.3) is 0 Å². The van der Waals surface area contributed by atoms with Crippen molar-refractivity contribution in [1.82, 2.24) is 5.32 Å². The number of hydrogen-bond donors (Lipinski definition) is 2. The largest absolute Gasteiger partial charge is 0.438 e. The minimum Gasteiger partial charge on any atom is -0.438 e. The van der Waals surface area contributed by atoms with Crippen LogP contribution in [-0.2, 0) is 24.3 Å². The van der Waals surface area contributed by atoms with E-state index in [0.717, 1.165) is 36.3 Å². The average molecular weight is 694 g/mol.